The summed E-state index contributed by atoms with van der Waals surface area (Å²) >= 11 is 0. The molecule has 1 aliphatic heterocycles. The molecule has 6 aliphatic rings. The summed E-state index contributed by atoms with van der Waals surface area (Å²) < 4.78 is 23.4. The Morgan fingerprint density at radius 2 is 1.36 bits per heavy atom. The van der Waals surface area contributed by atoms with Crippen molar-refractivity contribution in [3.8, 4) is 0 Å². The van der Waals surface area contributed by atoms with Gasteiger partial charge in [0, 0.05) is 61.2 Å². The minimum atomic E-state index is -2.10. The van der Waals surface area contributed by atoms with Crippen LogP contribution in [0.25, 0.3) is 0 Å². The van der Waals surface area contributed by atoms with Gasteiger partial charge in [-0.25, -0.2) is 4.79 Å². The molecule has 1 saturated heterocycles. The van der Waals surface area contributed by atoms with Crippen molar-refractivity contribution in [2.75, 3.05) is 0 Å². The van der Waals surface area contributed by atoms with E-state index in [2.05, 4.69) is 0 Å². The molecule has 13 heteroatoms. The van der Waals surface area contributed by atoms with E-state index in [1.165, 1.54) is 13.8 Å². The summed E-state index contributed by atoms with van der Waals surface area (Å²) in [4.78, 5) is 79.9. The quantitative estimate of drug-likeness (QED) is 0.221. The van der Waals surface area contributed by atoms with Crippen LogP contribution in [0.1, 0.15) is 68.2 Å². The van der Waals surface area contributed by atoms with Gasteiger partial charge in [-0.2, -0.15) is 0 Å². The second-order valence-electron chi connectivity index (χ2n) is 15.5. The molecule has 16 atom stereocenters. The number of carbonyl (C=O) groups is 6. The Bertz CT molecular complexity index is 1500. The van der Waals surface area contributed by atoms with Crippen LogP contribution in [0.3, 0.4) is 0 Å². The average molecular weight is 661 g/mol. The number of ether oxygens (including phenoxy) is 4. The van der Waals surface area contributed by atoms with E-state index in [4.69, 9.17) is 18.9 Å². The summed E-state index contributed by atoms with van der Waals surface area (Å²) in [6.45, 7) is 11.6. The van der Waals surface area contributed by atoms with Crippen LogP contribution in [0, 0.1) is 57.7 Å². The first-order chi connectivity index (χ1) is 21.7. The summed E-state index contributed by atoms with van der Waals surface area (Å²) in [6, 6.07) is 0. The second-order valence-corrected chi connectivity index (χ2v) is 15.5. The Kier molecular flexibility index (Phi) is 7.48. The van der Waals surface area contributed by atoms with Crippen LogP contribution >= 0.6 is 0 Å². The first kappa shape index (κ1) is 33.7. The number of hydrogen-bond acceptors (Lipinski definition) is 13. The largest absolute Gasteiger partial charge is 0.459 e. The lowest BCUT2D eigenvalue weighted by Crippen LogP contribution is -2.74. The SMILES string of the molecule is CC(=O)O[C@H]1C2C(C(=O)C(=O)C3CC[C@H](O)[C@H](OC(C)=O)[C@@]32C)C2[C@@H](O)C3C([C@H](C)C=C4OC(=O)[C@@](C)(O)[C@@]43C)[C@@]2(C)[C@H]1OC(C)=O. The van der Waals surface area contributed by atoms with E-state index >= 15 is 0 Å². The van der Waals surface area contributed by atoms with Crippen molar-refractivity contribution in [1.29, 1.82) is 0 Å². The van der Waals surface area contributed by atoms with Gasteiger partial charge < -0.3 is 34.3 Å². The molecule has 0 aromatic carbocycles. The maximum Gasteiger partial charge on any atom is 0.343 e. The number of rotatable bonds is 3. The maximum absolute atomic E-state index is 14.5. The van der Waals surface area contributed by atoms with Crippen molar-refractivity contribution in [2.24, 2.45) is 57.7 Å². The summed E-state index contributed by atoms with van der Waals surface area (Å²) in [5, 5.41) is 35.5. The topological polar surface area (TPSA) is 200 Å². The van der Waals surface area contributed by atoms with Crippen LogP contribution < -0.4 is 0 Å². The molecule has 6 unspecified atom stereocenters. The van der Waals surface area contributed by atoms with E-state index in [9.17, 15) is 44.1 Å². The fourth-order valence-electron chi connectivity index (χ4n) is 11.5. The van der Waals surface area contributed by atoms with E-state index in [0.29, 0.717) is 0 Å². The van der Waals surface area contributed by atoms with E-state index < -0.39 is 129 Å². The van der Waals surface area contributed by atoms with Crippen LogP contribution in [-0.2, 0) is 47.7 Å². The molecule has 0 aromatic heterocycles. The highest BCUT2D eigenvalue weighted by Gasteiger charge is 2.82. The predicted octanol–water partition coefficient (Wildman–Crippen LogP) is 1.03. The van der Waals surface area contributed by atoms with Gasteiger partial charge in [-0.1, -0.05) is 20.8 Å². The number of aliphatic hydroxyl groups excluding tert-OH is 2. The molecule has 13 nitrogen and oxygen atoms in total. The summed E-state index contributed by atoms with van der Waals surface area (Å²) in [5.41, 5.74) is -6.49. The molecule has 0 aromatic rings. The average Bonchev–Trinajstić information content (AvgIpc) is 3.30. The first-order valence-corrected chi connectivity index (χ1v) is 16.3. The zero-order valence-corrected chi connectivity index (χ0v) is 27.8. The number of allylic oxidation sites excluding steroid dienone is 1. The van der Waals surface area contributed by atoms with Crippen LogP contribution in [0.15, 0.2) is 11.8 Å². The molecule has 0 bridgehead atoms. The molecule has 5 fully saturated rings. The minimum Gasteiger partial charge on any atom is -0.459 e. The van der Waals surface area contributed by atoms with E-state index in [0.717, 1.165) is 13.8 Å². The van der Waals surface area contributed by atoms with Crippen LogP contribution in [-0.4, -0.2) is 86.9 Å². The normalized spacial score (nSPS) is 51.3. The first-order valence-electron chi connectivity index (χ1n) is 16.3. The van der Waals surface area contributed by atoms with E-state index in [1.807, 2.05) is 6.92 Å². The van der Waals surface area contributed by atoms with E-state index in [-0.39, 0.29) is 18.6 Å². The molecule has 6 rings (SSSR count). The third-order valence-electron chi connectivity index (χ3n) is 13.3. The Labute approximate surface area is 272 Å². The van der Waals surface area contributed by atoms with Crippen LogP contribution in [0.2, 0.25) is 0 Å². The van der Waals surface area contributed by atoms with Crippen molar-refractivity contribution in [1.82, 2.24) is 0 Å². The third-order valence-corrected chi connectivity index (χ3v) is 13.3. The van der Waals surface area contributed by atoms with Gasteiger partial charge in [0.15, 0.2) is 5.60 Å². The van der Waals surface area contributed by atoms with Gasteiger partial charge in [0.25, 0.3) is 0 Å². The maximum atomic E-state index is 14.5. The lowest BCUT2D eigenvalue weighted by atomic mass is 9.41. The fraction of sp³-hybridized carbons (Fsp3) is 0.765. The third kappa shape index (κ3) is 4.05. The van der Waals surface area contributed by atoms with Gasteiger partial charge in [0.2, 0.25) is 11.6 Å². The number of carbonyl (C=O) groups excluding carboxylic acids is 6. The zero-order valence-electron chi connectivity index (χ0n) is 27.8. The van der Waals surface area contributed by atoms with Crippen molar-refractivity contribution < 1.29 is 63.0 Å². The molecule has 5 aliphatic carbocycles. The summed E-state index contributed by atoms with van der Waals surface area (Å²) in [7, 11) is 0. The van der Waals surface area contributed by atoms with Crippen molar-refractivity contribution >= 4 is 35.4 Å². The van der Waals surface area contributed by atoms with Crippen molar-refractivity contribution in [3.63, 3.8) is 0 Å². The molecule has 258 valence electrons. The molecule has 0 amide bonds. The highest BCUT2D eigenvalue weighted by Crippen LogP contribution is 2.74. The number of Topliss-reactive ketones (excluding diaryl/α,β-unsaturated/α-hetero) is 2. The van der Waals surface area contributed by atoms with Crippen molar-refractivity contribution in [3.05, 3.63) is 11.8 Å². The Morgan fingerprint density at radius 1 is 0.787 bits per heavy atom. The molecule has 0 spiro atoms. The van der Waals surface area contributed by atoms with Gasteiger partial charge in [-0.3, -0.25) is 24.0 Å². The Balaban J connectivity index is 1.65. The van der Waals surface area contributed by atoms with E-state index in [1.54, 1.807) is 26.8 Å². The van der Waals surface area contributed by atoms with Gasteiger partial charge in [-0.05, 0) is 44.6 Å². The van der Waals surface area contributed by atoms with Crippen LogP contribution in [0.4, 0.5) is 0 Å². The molecule has 47 heavy (non-hydrogen) atoms. The molecular weight excluding hydrogens is 616 g/mol. The molecule has 4 saturated carbocycles. The predicted molar refractivity (Wildman–Crippen MR) is 157 cm³/mol. The highest BCUT2D eigenvalue weighted by molar-refractivity contribution is 6.39. The summed E-state index contributed by atoms with van der Waals surface area (Å²) in [5.74, 6) is -11.4. The number of esters is 4. The monoisotopic (exact) mass is 660 g/mol. The molecule has 0 radical (unpaired) electrons. The zero-order chi connectivity index (χ0) is 34.9. The van der Waals surface area contributed by atoms with Crippen LogP contribution in [0.5, 0.6) is 0 Å². The number of fused-ring (bicyclic) bond motifs is 9. The fourth-order valence-corrected chi connectivity index (χ4v) is 11.5. The van der Waals surface area contributed by atoms with Gasteiger partial charge in [0.1, 0.15) is 24.1 Å². The molecule has 1 heterocycles. The molecule has 3 N–H and O–H groups in total. The second kappa shape index (κ2) is 10.4. The smallest absolute Gasteiger partial charge is 0.343 e. The minimum absolute atomic E-state index is 0.0571. The molecular formula is C34H44O13. The van der Waals surface area contributed by atoms with Crippen molar-refractivity contribution in [2.45, 2.75) is 104 Å². The standard InChI is InChI=1S/C34H44O13/c1-12-11-18-33(7,34(8,43)30(42)47-18)23-20(12)32(6)21(26(23)41)19-22(27(44-13(2)35)29(32)46-15(4)37)31(5)16(24(39)25(19)40)9-10-17(38)28(31)45-14(3)36/h11-12,16-17,19-23,26-29,38,41,43H,9-10H2,1-8H3/t12-,16?,17+,19?,20?,21?,22?,23?,26-,27+,28+,29+,31+,32-,33+,34-/m1/s1. The lowest BCUT2D eigenvalue weighted by molar-refractivity contribution is -0.263. The van der Waals surface area contributed by atoms with Gasteiger partial charge in [0.05, 0.1) is 17.6 Å². The Hall–Kier alpha value is -3.16. The summed E-state index contributed by atoms with van der Waals surface area (Å²) in [6.07, 6.45) is -4.87. The highest BCUT2D eigenvalue weighted by atomic mass is 16.6. The number of hydrogen-bond donors (Lipinski definition) is 3. The van der Waals surface area contributed by atoms with Gasteiger partial charge in [-0.15, -0.1) is 0 Å². The van der Waals surface area contributed by atoms with Gasteiger partial charge >= 0.3 is 23.9 Å². The number of ketones is 2. The lowest BCUT2D eigenvalue weighted by Gasteiger charge is -2.64. The number of aliphatic hydroxyl groups is 3. The Morgan fingerprint density at radius 3 is 1.94 bits per heavy atom.